The van der Waals surface area contributed by atoms with Gasteiger partial charge in [-0.25, -0.2) is 9.79 Å². The van der Waals surface area contributed by atoms with Crippen molar-refractivity contribution in [2.24, 2.45) is 4.99 Å². The Hall–Kier alpha value is -3.71. The summed E-state index contributed by atoms with van der Waals surface area (Å²) in [6.07, 6.45) is 5.42. The molecule has 2 aromatic rings. The van der Waals surface area contributed by atoms with E-state index in [-0.39, 0.29) is 30.3 Å². The van der Waals surface area contributed by atoms with Gasteiger partial charge in [0.2, 0.25) is 0 Å². The van der Waals surface area contributed by atoms with E-state index in [0.717, 1.165) is 42.8 Å². The molecular formula is C25H27N5O4S. The molecule has 3 heterocycles. The van der Waals surface area contributed by atoms with Gasteiger partial charge in [-0.3, -0.25) is 9.59 Å². The molecule has 0 radical (unpaired) electrons. The van der Waals surface area contributed by atoms with Gasteiger partial charge in [0, 0.05) is 38.5 Å². The molecule has 2 aliphatic rings. The Balaban J connectivity index is 1.60. The van der Waals surface area contributed by atoms with Crippen LogP contribution >= 0.6 is 11.3 Å². The summed E-state index contributed by atoms with van der Waals surface area (Å²) in [7, 11) is 1.66. The number of carbonyl (C=O) groups is 3. The standard InChI is InChI=1S/C25H27N5O4S/c1-29(14-18-8-4-3-7-17(18)13-26)24(32)22-21(27-16-30-10-5-2-6-11-30)19(15-35-22)23(31)28-20-9-12-34-25(20)33/h3-4,7-8,15-16,20H,2,5-6,9-12,14H2,1H3,(H,28,31)/b27-16+. The third kappa shape index (κ3) is 5.69. The topological polar surface area (TPSA) is 115 Å². The van der Waals surface area contributed by atoms with Crippen LogP contribution in [0.4, 0.5) is 5.69 Å². The molecule has 1 aromatic heterocycles. The molecule has 2 aliphatic heterocycles. The normalized spacial score (nSPS) is 17.8. The Bertz CT molecular complexity index is 1180. The van der Waals surface area contributed by atoms with Gasteiger partial charge in [0.25, 0.3) is 11.8 Å². The van der Waals surface area contributed by atoms with Gasteiger partial charge < -0.3 is 19.9 Å². The van der Waals surface area contributed by atoms with Gasteiger partial charge in [-0.2, -0.15) is 5.26 Å². The second kappa shape index (κ2) is 11.1. The lowest BCUT2D eigenvalue weighted by atomic mass is 10.1. The van der Waals surface area contributed by atoms with Crippen molar-refractivity contribution in [1.82, 2.24) is 15.1 Å². The molecule has 1 atom stereocenters. The first-order chi connectivity index (χ1) is 17.0. The second-order valence-corrected chi connectivity index (χ2v) is 9.46. The summed E-state index contributed by atoms with van der Waals surface area (Å²) in [4.78, 5) is 46.8. The number of likely N-dealkylation sites (tertiary alicyclic amines) is 1. The lowest BCUT2D eigenvalue weighted by molar-refractivity contribution is -0.139. The fourth-order valence-corrected chi connectivity index (χ4v) is 5.08. The van der Waals surface area contributed by atoms with Gasteiger partial charge >= 0.3 is 5.97 Å². The van der Waals surface area contributed by atoms with E-state index in [1.165, 1.54) is 11.3 Å². The number of cyclic esters (lactones) is 1. The predicted molar refractivity (Wildman–Crippen MR) is 132 cm³/mol. The fraction of sp³-hybridized carbons (Fsp3) is 0.400. The van der Waals surface area contributed by atoms with Gasteiger partial charge in [0.1, 0.15) is 16.6 Å². The van der Waals surface area contributed by atoms with E-state index in [1.807, 2.05) is 12.1 Å². The summed E-state index contributed by atoms with van der Waals surface area (Å²) in [5.41, 5.74) is 1.77. The zero-order chi connectivity index (χ0) is 24.8. The number of ether oxygens (including phenoxy) is 1. The minimum atomic E-state index is -0.703. The van der Waals surface area contributed by atoms with Crippen LogP contribution in [0, 0.1) is 11.3 Å². The summed E-state index contributed by atoms with van der Waals surface area (Å²) < 4.78 is 4.94. The van der Waals surface area contributed by atoms with E-state index in [4.69, 9.17) is 4.74 Å². The van der Waals surface area contributed by atoms with Crippen LogP contribution in [0.1, 0.15) is 56.8 Å². The summed E-state index contributed by atoms with van der Waals surface area (Å²) in [6, 6.07) is 8.57. The van der Waals surface area contributed by atoms with Crippen molar-refractivity contribution in [3.8, 4) is 6.07 Å². The van der Waals surface area contributed by atoms with Crippen molar-refractivity contribution >= 4 is 41.1 Å². The van der Waals surface area contributed by atoms with Crippen LogP contribution in [0.5, 0.6) is 0 Å². The second-order valence-electron chi connectivity index (χ2n) is 8.58. The largest absolute Gasteiger partial charge is 0.464 e. The quantitative estimate of drug-likeness (QED) is 0.360. The summed E-state index contributed by atoms with van der Waals surface area (Å²) in [6.45, 7) is 2.26. The SMILES string of the molecule is CN(Cc1ccccc1C#N)C(=O)c1scc(C(=O)NC2CCOC2=O)c1/N=C/N1CCCCC1. The zero-order valence-corrected chi connectivity index (χ0v) is 20.3. The number of carbonyl (C=O) groups excluding carboxylic acids is 3. The van der Waals surface area contributed by atoms with Crippen molar-refractivity contribution in [1.29, 1.82) is 5.26 Å². The molecule has 9 nitrogen and oxygen atoms in total. The number of benzene rings is 1. The number of nitriles is 1. The molecule has 2 saturated heterocycles. The average Bonchev–Trinajstić information content (AvgIpc) is 3.49. The van der Waals surface area contributed by atoms with E-state index in [0.29, 0.717) is 16.9 Å². The number of nitrogens with zero attached hydrogens (tertiary/aromatic N) is 4. The van der Waals surface area contributed by atoms with Crippen molar-refractivity contribution in [2.75, 3.05) is 26.7 Å². The van der Waals surface area contributed by atoms with Crippen LogP contribution in [0.25, 0.3) is 0 Å². The summed E-state index contributed by atoms with van der Waals surface area (Å²) in [5, 5.41) is 13.7. The first-order valence-electron chi connectivity index (χ1n) is 11.6. The van der Waals surface area contributed by atoms with Crippen LogP contribution in [0.15, 0.2) is 34.6 Å². The number of thiophene rings is 1. The Labute approximate surface area is 208 Å². The average molecular weight is 494 g/mol. The van der Waals surface area contributed by atoms with Crippen molar-refractivity contribution < 1.29 is 19.1 Å². The lowest BCUT2D eigenvalue weighted by Crippen LogP contribution is -2.37. The number of hydrogen-bond acceptors (Lipinski definition) is 7. The third-order valence-electron chi connectivity index (χ3n) is 6.08. The molecule has 1 N–H and O–H groups in total. The predicted octanol–water partition coefficient (Wildman–Crippen LogP) is 3.08. The number of amides is 2. The highest BCUT2D eigenvalue weighted by molar-refractivity contribution is 7.13. The van der Waals surface area contributed by atoms with E-state index in [2.05, 4.69) is 21.3 Å². The highest BCUT2D eigenvalue weighted by Crippen LogP contribution is 2.33. The highest BCUT2D eigenvalue weighted by atomic mass is 32.1. The first-order valence-corrected chi connectivity index (χ1v) is 12.5. The minimum absolute atomic E-state index is 0.241. The molecule has 2 amide bonds. The molecule has 0 saturated carbocycles. The summed E-state index contributed by atoms with van der Waals surface area (Å²) in [5.74, 6) is -1.22. The van der Waals surface area contributed by atoms with E-state index < -0.39 is 17.9 Å². The molecular weight excluding hydrogens is 466 g/mol. The fourth-order valence-electron chi connectivity index (χ4n) is 4.10. The molecule has 0 aliphatic carbocycles. The number of nitrogens with one attached hydrogen (secondary N) is 1. The van der Waals surface area contributed by atoms with Crippen molar-refractivity contribution in [3.63, 3.8) is 0 Å². The molecule has 0 bridgehead atoms. The zero-order valence-electron chi connectivity index (χ0n) is 19.5. The number of rotatable bonds is 7. The van der Waals surface area contributed by atoms with Gasteiger partial charge in [-0.05, 0) is 30.9 Å². The van der Waals surface area contributed by atoms with Crippen molar-refractivity contribution in [2.45, 2.75) is 38.3 Å². The van der Waals surface area contributed by atoms with Crippen molar-refractivity contribution in [3.05, 3.63) is 51.2 Å². The molecule has 1 aromatic carbocycles. The van der Waals surface area contributed by atoms with Gasteiger partial charge in [0.15, 0.2) is 0 Å². The molecule has 1 unspecified atom stereocenters. The molecule has 10 heteroatoms. The Morgan fingerprint density at radius 1 is 1.31 bits per heavy atom. The lowest BCUT2D eigenvalue weighted by Gasteiger charge is -2.24. The monoisotopic (exact) mass is 493 g/mol. The van der Waals surface area contributed by atoms with E-state index in [1.54, 1.807) is 30.9 Å². The van der Waals surface area contributed by atoms with Crippen LogP contribution in [-0.2, 0) is 16.1 Å². The number of hydrogen-bond donors (Lipinski definition) is 1. The Morgan fingerprint density at radius 3 is 2.80 bits per heavy atom. The maximum Gasteiger partial charge on any atom is 0.328 e. The minimum Gasteiger partial charge on any atom is -0.464 e. The highest BCUT2D eigenvalue weighted by Gasteiger charge is 2.31. The number of piperidine rings is 1. The van der Waals surface area contributed by atoms with E-state index >= 15 is 0 Å². The van der Waals surface area contributed by atoms with Crippen LogP contribution in [-0.4, -0.2) is 66.7 Å². The van der Waals surface area contributed by atoms with Crippen LogP contribution in [0.2, 0.25) is 0 Å². The van der Waals surface area contributed by atoms with Gasteiger partial charge in [-0.1, -0.05) is 18.2 Å². The Morgan fingerprint density at radius 2 is 2.09 bits per heavy atom. The van der Waals surface area contributed by atoms with E-state index in [9.17, 15) is 19.6 Å². The molecule has 4 rings (SSSR count). The number of aliphatic imine (C=N–C) groups is 1. The third-order valence-corrected chi connectivity index (χ3v) is 7.03. The molecule has 2 fully saturated rings. The summed E-state index contributed by atoms with van der Waals surface area (Å²) >= 11 is 1.14. The Kier molecular flexibility index (Phi) is 7.77. The first kappa shape index (κ1) is 24.4. The maximum absolute atomic E-state index is 13.4. The molecule has 182 valence electrons. The van der Waals surface area contributed by atoms with Gasteiger partial charge in [0.05, 0.1) is 30.1 Å². The molecule has 35 heavy (non-hydrogen) atoms. The number of esters is 1. The van der Waals surface area contributed by atoms with Crippen LogP contribution < -0.4 is 5.32 Å². The van der Waals surface area contributed by atoms with Crippen LogP contribution in [0.3, 0.4) is 0 Å². The van der Waals surface area contributed by atoms with Gasteiger partial charge in [-0.15, -0.1) is 11.3 Å². The maximum atomic E-state index is 13.4. The smallest absolute Gasteiger partial charge is 0.328 e. The molecule has 0 spiro atoms.